The minimum absolute atomic E-state index is 0.115. The average Bonchev–Trinajstić information content (AvgIpc) is 2.87. The van der Waals surface area contributed by atoms with Gasteiger partial charge in [0.05, 0.1) is 5.75 Å². The molecule has 106 valence electrons. The smallest absolute Gasteiger partial charge is 0.230 e. The van der Waals surface area contributed by atoms with Gasteiger partial charge in [0.1, 0.15) is 0 Å². The summed E-state index contributed by atoms with van der Waals surface area (Å²) in [6, 6.07) is 0.359. The van der Waals surface area contributed by atoms with Gasteiger partial charge in [-0.05, 0) is 36.5 Å². The molecule has 1 amide bonds. The van der Waals surface area contributed by atoms with E-state index >= 15 is 0 Å². The normalized spacial score (nSPS) is 23.3. The minimum atomic E-state index is 0.115. The maximum absolute atomic E-state index is 11.9. The molecule has 0 spiro atoms. The molecule has 0 aromatic carbocycles. The Kier molecular flexibility index (Phi) is 5.97. The Morgan fingerprint density at radius 1 is 1.47 bits per heavy atom. The zero-order chi connectivity index (χ0) is 13.7. The number of hydrogen-bond acceptors (Lipinski definition) is 6. The van der Waals surface area contributed by atoms with Gasteiger partial charge < -0.3 is 5.32 Å². The van der Waals surface area contributed by atoms with Gasteiger partial charge in [-0.3, -0.25) is 4.79 Å². The van der Waals surface area contributed by atoms with E-state index in [-0.39, 0.29) is 5.91 Å². The van der Waals surface area contributed by atoms with Crippen molar-refractivity contribution < 1.29 is 4.79 Å². The highest BCUT2D eigenvalue weighted by atomic mass is 32.2. The number of carbonyl (C=O) groups excluding carboxylic acids is 1. The molecule has 2 rings (SSSR count). The summed E-state index contributed by atoms with van der Waals surface area (Å²) in [7, 11) is 0. The van der Waals surface area contributed by atoms with Gasteiger partial charge >= 0.3 is 0 Å². The van der Waals surface area contributed by atoms with Crippen LogP contribution in [0.1, 0.15) is 32.6 Å². The number of hydrogen-bond donors (Lipinski definition) is 1. The van der Waals surface area contributed by atoms with Crippen LogP contribution >= 0.6 is 35.1 Å². The van der Waals surface area contributed by atoms with E-state index in [0.29, 0.717) is 17.7 Å². The first-order valence-electron chi connectivity index (χ1n) is 6.49. The Balaban J connectivity index is 1.74. The molecule has 0 bridgehead atoms. The molecule has 1 heterocycles. The molecule has 1 aromatic rings. The van der Waals surface area contributed by atoms with E-state index in [1.807, 2.05) is 6.26 Å². The van der Waals surface area contributed by atoms with Gasteiger partial charge in [-0.15, -0.1) is 0 Å². The molecule has 1 saturated carbocycles. The van der Waals surface area contributed by atoms with Crippen LogP contribution in [0.25, 0.3) is 0 Å². The van der Waals surface area contributed by atoms with Crippen molar-refractivity contribution in [3.05, 3.63) is 0 Å². The van der Waals surface area contributed by atoms with Crippen molar-refractivity contribution in [2.45, 2.75) is 48.1 Å². The van der Waals surface area contributed by atoms with Crippen molar-refractivity contribution in [1.29, 1.82) is 0 Å². The lowest BCUT2D eigenvalue weighted by Gasteiger charge is -2.29. The maximum atomic E-state index is 11.9. The lowest BCUT2D eigenvalue weighted by Crippen LogP contribution is -2.41. The number of nitrogens with zero attached hydrogens (tertiary/aromatic N) is 2. The van der Waals surface area contributed by atoms with Crippen LogP contribution in [0, 0.1) is 5.92 Å². The third kappa shape index (κ3) is 4.65. The van der Waals surface area contributed by atoms with Crippen LogP contribution in [-0.4, -0.2) is 33.3 Å². The Bertz CT molecular complexity index is 424. The third-order valence-electron chi connectivity index (χ3n) is 3.36. The second-order valence-electron chi connectivity index (χ2n) is 4.77. The monoisotopic (exact) mass is 317 g/mol. The molecule has 1 N–H and O–H groups in total. The van der Waals surface area contributed by atoms with Crippen LogP contribution in [0.2, 0.25) is 0 Å². The summed E-state index contributed by atoms with van der Waals surface area (Å²) in [6.07, 6.45) is 6.83. The fourth-order valence-electron chi connectivity index (χ4n) is 2.24. The molecule has 4 nitrogen and oxygen atoms in total. The largest absolute Gasteiger partial charge is 0.352 e. The Morgan fingerprint density at radius 3 is 2.95 bits per heavy atom. The van der Waals surface area contributed by atoms with Gasteiger partial charge in [0.15, 0.2) is 4.34 Å². The molecule has 2 atom stereocenters. The lowest BCUT2D eigenvalue weighted by atomic mass is 9.86. The summed E-state index contributed by atoms with van der Waals surface area (Å²) in [5.41, 5.74) is 0. The number of nitrogens with one attached hydrogen (secondary N) is 1. The van der Waals surface area contributed by atoms with Crippen LogP contribution in [0.4, 0.5) is 0 Å². The topological polar surface area (TPSA) is 54.9 Å². The standard InChI is InChI=1S/C12H19N3OS3/c1-8-5-3-4-6-9(8)13-10(16)7-18-12-14-11(17-2)15-19-12/h8-9H,3-7H2,1-2H3,(H,13,16)/t8-,9+/m0/s1. The van der Waals surface area contributed by atoms with Crippen molar-refractivity contribution >= 4 is 41.0 Å². The fourth-order valence-corrected chi connectivity index (χ4v) is 4.27. The highest BCUT2D eigenvalue weighted by Crippen LogP contribution is 2.25. The van der Waals surface area contributed by atoms with Gasteiger partial charge in [-0.2, -0.15) is 4.37 Å². The molecule has 19 heavy (non-hydrogen) atoms. The van der Waals surface area contributed by atoms with E-state index in [4.69, 9.17) is 0 Å². The molecule has 1 fully saturated rings. The Hall–Kier alpha value is -0.270. The molecule has 1 aromatic heterocycles. The quantitative estimate of drug-likeness (QED) is 0.846. The molecule has 1 aliphatic rings. The van der Waals surface area contributed by atoms with E-state index in [2.05, 4.69) is 21.6 Å². The predicted octanol–water partition coefficient (Wildman–Crippen LogP) is 3.05. The zero-order valence-corrected chi connectivity index (χ0v) is 13.7. The highest BCUT2D eigenvalue weighted by molar-refractivity contribution is 8.01. The summed E-state index contributed by atoms with van der Waals surface area (Å²) in [6.45, 7) is 2.23. The first-order chi connectivity index (χ1) is 9.19. The number of thioether (sulfide) groups is 2. The predicted molar refractivity (Wildman–Crippen MR) is 82.0 cm³/mol. The molecular formula is C12H19N3OS3. The van der Waals surface area contributed by atoms with Crippen LogP contribution in [-0.2, 0) is 4.79 Å². The van der Waals surface area contributed by atoms with E-state index < -0.39 is 0 Å². The molecule has 0 aliphatic heterocycles. The second-order valence-corrected chi connectivity index (χ2v) is 7.52. The van der Waals surface area contributed by atoms with E-state index in [1.54, 1.807) is 0 Å². The summed E-state index contributed by atoms with van der Waals surface area (Å²) < 4.78 is 5.05. The van der Waals surface area contributed by atoms with Crippen molar-refractivity contribution in [3.8, 4) is 0 Å². The highest BCUT2D eigenvalue weighted by Gasteiger charge is 2.22. The molecular weight excluding hydrogens is 298 g/mol. The van der Waals surface area contributed by atoms with Crippen molar-refractivity contribution in [1.82, 2.24) is 14.7 Å². The van der Waals surface area contributed by atoms with Crippen LogP contribution in [0.15, 0.2) is 9.50 Å². The molecule has 0 saturated heterocycles. The summed E-state index contributed by atoms with van der Waals surface area (Å²) in [4.78, 5) is 16.2. The first kappa shape index (κ1) is 15.1. The fraction of sp³-hybridized carbons (Fsp3) is 0.750. The first-order valence-corrected chi connectivity index (χ1v) is 9.47. The van der Waals surface area contributed by atoms with Gasteiger partial charge in [0.25, 0.3) is 0 Å². The van der Waals surface area contributed by atoms with E-state index in [1.165, 1.54) is 54.3 Å². The molecule has 0 unspecified atom stereocenters. The summed E-state index contributed by atoms with van der Waals surface area (Å²) in [5, 5.41) is 3.94. The minimum Gasteiger partial charge on any atom is -0.352 e. The third-order valence-corrected chi connectivity index (χ3v) is 5.85. The SMILES string of the molecule is CSc1nsc(SCC(=O)N[C@@H]2CCCC[C@@H]2C)n1. The second kappa shape index (κ2) is 7.50. The number of aromatic nitrogens is 2. The van der Waals surface area contributed by atoms with Crippen LogP contribution in [0.5, 0.6) is 0 Å². The molecule has 7 heteroatoms. The number of carbonyl (C=O) groups is 1. The van der Waals surface area contributed by atoms with E-state index in [0.717, 1.165) is 15.9 Å². The van der Waals surface area contributed by atoms with Gasteiger partial charge in [0.2, 0.25) is 11.1 Å². The van der Waals surface area contributed by atoms with E-state index in [9.17, 15) is 4.79 Å². The van der Waals surface area contributed by atoms with Gasteiger partial charge in [-0.1, -0.05) is 43.3 Å². The van der Waals surface area contributed by atoms with Gasteiger partial charge in [0, 0.05) is 6.04 Å². The average molecular weight is 318 g/mol. The van der Waals surface area contributed by atoms with Crippen molar-refractivity contribution in [2.75, 3.05) is 12.0 Å². The van der Waals surface area contributed by atoms with Crippen LogP contribution in [0.3, 0.4) is 0 Å². The zero-order valence-electron chi connectivity index (χ0n) is 11.2. The number of rotatable bonds is 5. The maximum Gasteiger partial charge on any atom is 0.230 e. The van der Waals surface area contributed by atoms with Crippen molar-refractivity contribution in [2.24, 2.45) is 5.92 Å². The van der Waals surface area contributed by atoms with Crippen LogP contribution < -0.4 is 5.32 Å². The Labute approximate surface area is 126 Å². The van der Waals surface area contributed by atoms with Crippen molar-refractivity contribution in [3.63, 3.8) is 0 Å². The molecule has 1 aliphatic carbocycles. The summed E-state index contributed by atoms with van der Waals surface area (Å²) in [5.74, 6) is 1.16. The van der Waals surface area contributed by atoms with Gasteiger partial charge in [-0.25, -0.2) is 4.98 Å². The lowest BCUT2D eigenvalue weighted by molar-refractivity contribution is -0.119. The Morgan fingerprint density at radius 2 is 2.26 bits per heavy atom. The summed E-state index contributed by atoms with van der Waals surface area (Å²) >= 11 is 4.36. The number of amides is 1. The molecule has 0 radical (unpaired) electrons.